The van der Waals surface area contributed by atoms with Gasteiger partial charge < -0.3 is 15.5 Å². The molecule has 1 aromatic carbocycles. The van der Waals surface area contributed by atoms with Gasteiger partial charge in [0, 0.05) is 17.6 Å². The highest BCUT2D eigenvalue weighted by atomic mass is 16.5. The Bertz CT molecular complexity index is 540. The summed E-state index contributed by atoms with van der Waals surface area (Å²) in [6.07, 6.45) is 7.22. The molecule has 0 amide bonds. The summed E-state index contributed by atoms with van der Waals surface area (Å²) in [6.45, 7) is 0. The van der Waals surface area contributed by atoms with E-state index in [0.717, 1.165) is 11.3 Å². The van der Waals surface area contributed by atoms with Crippen molar-refractivity contribution in [1.82, 2.24) is 4.98 Å². The number of aromatic nitrogens is 1. The van der Waals surface area contributed by atoms with Crippen molar-refractivity contribution < 1.29 is 4.74 Å². The van der Waals surface area contributed by atoms with Gasteiger partial charge in [0.2, 0.25) is 0 Å². The molecule has 3 heteroatoms. The minimum atomic E-state index is 0.147. The van der Waals surface area contributed by atoms with Crippen molar-refractivity contribution in [2.45, 2.75) is 31.7 Å². The van der Waals surface area contributed by atoms with E-state index in [1.165, 1.54) is 36.6 Å². The number of methoxy groups -OCH3 is 1. The molecule has 1 fully saturated rings. The lowest BCUT2D eigenvalue weighted by atomic mass is 9.92. The fourth-order valence-corrected chi connectivity index (χ4v) is 3.16. The Morgan fingerprint density at radius 1 is 1.33 bits per heavy atom. The zero-order chi connectivity index (χ0) is 12.5. The Hall–Kier alpha value is -1.48. The van der Waals surface area contributed by atoms with Crippen LogP contribution >= 0.6 is 0 Å². The Labute approximate surface area is 107 Å². The van der Waals surface area contributed by atoms with E-state index < -0.39 is 0 Å². The van der Waals surface area contributed by atoms with Crippen molar-refractivity contribution >= 4 is 10.9 Å². The first kappa shape index (κ1) is 11.6. The van der Waals surface area contributed by atoms with Gasteiger partial charge in [-0.3, -0.25) is 0 Å². The summed E-state index contributed by atoms with van der Waals surface area (Å²) in [7, 11) is 1.70. The van der Waals surface area contributed by atoms with Gasteiger partial charge in [-0.05, 0) is 30.4 Å². The highest BCUT2D eigenvalue weighted by Crippen LogP contribution is 2.38. The molecule has 0 radical (unpaired) electrons. The zero-order valence-electron chi connectivity index (χ0n) is 10.8. The number of hydrogen-bond acceptors (Lipinski definition) is 2. The molecule has 1 unspecified atom stereocenters. The second-order valence-corrected chi connectivity index (χ2v) is 5.20. The van der Waals surface area contributed by atoms with Crippen LogP contribution in [-0.2, 0) is 0 Å². The molecule has 1 atom stereocenters. The lowest BCUT2D eigenvalue weighted by Gasteiger charge is -2.18. The molecule has 0 saturated heterocycles. The SMILES string of the molecule is COc1cccc2c(C(N)C3CCCC3)c[nH]c12. The van der Waals surface area contributed by atoms with Crippen molar-refractivity contribution in [2.24, 2.45) is 11.7 Å². The van der Waals surface area contributed by atoms with Crippen molar-refractivity contribution in [3.05, 3.63) is 30.0 Å². The number of hydrogen-bond donors (Lipinski definition) is 2. The first-order valence-corrected chi connectivity index (χ1v) is 6.71. The van der Waals surface area contributed by atoms with E-state index in [-0.39, 0.29) is 6.04 Å². The van der Waals surface area contributed by atoms with E-state index in [2.05, 4.69) is 17.2 Å². The van der Waals surface area contributed by atoms with E-state index in [1.54, 1.807) is 7.11 Å². The molecule has 3 N–H and O–H groups in total. The molecule has 2 aromatic rings. The van der Waals surface area contributed by atoms with Crippen LogP contribution in [0.25, 0.3) is 10.9 Å². The first-order valence-electron chi connectivity index (χ1n) is 6.71. The molecule has 3 rings (SSSR count). The largest absolute Gasteiger partial charge is 0.495 e. The van der Waals surface area contributed by atoms with Crippen LogP contribution in [0.1, 0.15) is 37.3 Å². The van der Waals surface area contributed by atoms with Gasteiger partial charge in [0.05, 0.1) is 12.6 Å². The molecule has 0 spiro atoms. The third kappa shape index (κ3) is 1.79. The summed E-state index contributed by atoms with van der Waals surface area (Å²) < 4.78 is 5.37. The summed E-state index contributed by atoms with van der Waals surface area (Å²) in [4.78, 5) is 3.31. The van der Waals surface area contributed by atoms with Crippen LogP contribution in [0.4, 0.5) is 0 Å². The normalized spacial score (nSPS) is 18.3. The average molecular weight is 244 g/mol. The lowest BCUT2D eigenvalue weighted by molar-refractivity contribution is 0.419. The molecular formula is C15H20N2O. The summed E-state index contributed by atoms with van der Waals surface area (Å²) in [5.74, 6) is 1.52. The number of nitrogens with two attached hydrogens (primary N) is 1. The molecule has 18 heavy (non-hydrogen) atoms. The number of rotatable bonds is 3. The van der Waals surface area contributed by atoms with Crippen molar-refractivity contribution in [3.63, 3.8) is 0 Å². The molecular weight excluding hydrogens is 224 g/mol. The Morgan fingerprint density at radius 3 is 2.83 bits per heavy atom. The number of fused-ring (bicyclic) bond motifs is 1. The summed E-state index contributed by atoms with van der Waals surface area (Å²) >= 11 is 0. The summed E-state index contributed by atoms with van der Waals surface area (Å²) in [6, 6.07) is 6.27. The Kier molecular flexibility index (Phi) is 3.00. The molecule has 1 saturated carbocycles. The van der Waals surface area contributed by atoms with Gasteiger partial charge in [-0.25, -0.2) is 0 Å². The maximum Gasteiger partial charge on any atom is 0.142 e. The second-order valence-electron chi connectivity index (χ2n) is 5.20. The maximum atomic E-state index is 6.44. The topological polar surface area (TPSA) is 51.0 Å². The van der Waals surface area contributed by atoms with E-state index in [0.29, 0.717) is 5.92 Å². The fraction of sp³-hybridized carbons (Fsp3) is 0.467. The van der Waals surface area contributed by atoms with Crippen LogP contribution < -0.4 is 10.5 Å². The van der Waals surface area contributed by atoms with E-state index in [1.807, 2.05) is 12.1 Å². The predicted molar refractivity (Wildman–Crippen MR) is 73.7 cm³/mol. The van der Waals surface area contributed by atoms with Crippen LogP contribution in [0, 0.1) is 5.92 Å². The molecule has 1 aliphatic carbocycles. The van der Waals surface area contributed by atoms with Gasteiger partial charge in [0.25, 0.3) is 0 Å². The minimum absolute atomic E-state index is 0.147. The number of nitrogens with one attached hydrogen (secondary N) is 1. The maximum absolute atomic E-state index is 6.44. The molecule has 96 valence electrons. The van der Waals surface area contributed by atoms with Crippen molar-refractivity contribution in [2.75, 3.05) is 7.11 Å². The Balaban J connectivity index is 2.01. The molecule has 0 aliphatic heterocycles. The smallest absolute Gasteiger partial charge is 0.142 e. The van der Waals surface area contributed by atoms with Gasteiger partial charge in [-0.15, -0.1) is 0 Å². The van der Waals surface area contributed by atoms with Gasteiger partial charge >= 0.3 is 0 Å². The predicted octanol–water partition coefficient (Wildman–Crippen LogP) is 3.37. The van der Waals surface area contributed by atoms with E-state index in [9.17, 15) is 0 Å². The van der Waals surface area contributed by atoms with Gasteiger partial charge in [0.1, 0.15) is 5.75 Å². The van der Waals surface area contributed by atoms with Crippen LogP contribution in [0.2, 0.25) is 0 Å². The van der Waals surface area contributed by atoms with Crippen molar-refractivity contribution in [1.29, 1.82) is 0 Å². The number of benzene rings is 1. The molecule has 1 aromatic heterocycles. The summed E-state index contributed by atoms with van der Waals surface area (Å²) in [5, 5.41) is 1.20. The van der Waals surface area contributed by atoms with Gasteiger partial charge in [-0.1, -0.05) is 25.0 Å². The minimum Gasteiger partial charge on any atom is -0.495 e. The molecule has 1 aliphatic rings. The molecule has 0 bridgehead atoms. The highest BCUT2D eigenvalue weighted by molar-refractivity contribution is 5.88. The lowest BCUT2D eigenvalue weighted by Crippen LogP contribution is -2.18. The second kappa shape index (κ2) is 4.65. The third-order valence-corrected chi connectivity index (χ3v) is 4.20. The fourth-order valence-electron chi connectivity index (χ4n) is 3.16. The highest BCUT2D eigenvalue weighted by Gasteiger charge is 2.25. The number of H-pyrrole nitrogens is 1. The van der Waals surface area contributed by atoms with E-state index in [4.69, 9.17) is 10.5 Å². The Morgan fingerprint density at radius 2 is 2.11 bits per heavy atom. The van der Waals surface area contributed by atoms with E-state index >= 15 is 0 Å². The van der Waals surface area contributed by atoms with Gasteiger partial charge in [0.15, 0.2) is 0 Å². The number of para-hydroxylation sites is 1. The van der Waals surface area contributed by atoms with Crippen LogP contribution in [0.5, 0.6) is 5.75 Å². The summed E-state index contributed by atoms with van der Waals surface area (Å²) in [5.41, 5.74) is 8.73. The van der Waals surface area contributed by atoms with Crippen LogP contribution in [0.3, 0.4) is 0 Å². The standard InChI is InChI=1S/C15H20N2O/c1-18-13-8-4-7-11-12(9-17-15(11)13)14(16)10-5-2-3-6-10/h4,7-10,14,17H,2-3,5-6,16H2,1H3. The quantitative estimate of drug-likeness (QED) is 0.869. The molecule has 3 nitrogen and oxygen atoms in total. The van der Waals surface area contributed by atoms with Gasteiger partial charge in [-0.2, -0.15) is 0 Å². The zero-order valence-corrected chi connectivity index (χ0v) is 10.8. The van der Waals surface area contributed by atoms with Crippen molar-refractivity contribution in [3.8, 4) is 5.75 Å². The molecule has 1 heterocycles. The monoisotopic (exact) mass is 244 g/mol. The van der Waals surface area contributed by atoms with Crippen LogP contribution in [0.15, 0.2) is 24.4 Å². The number of aromatic amines is 1. The van der Waals surface area contributed by atoms with Crippen LogP contribution in [-0.4, -0.2) is 12.1 Å². The number of ether oxygens (including phenoxy) is 1. The third-order valence-electron chi connectivity index (χ3n) is 4.20. The average Bonchev–Trinajstić information content (AvgIpc) is 3.06. The first-order chi connectivity index (χ1) is 8.81.